The summed E-state index contributed by atoms with van der Waals surface area (Å²) in [5, 5.41) is 12.6. The van der Waals surface area contributed by atoms with Crippen LogP contribution in [-0.4, -0.2) is 17.2 Å². The number of rotatable bonds is 3. The molecule has 0 amide bonds. The molecule has 3 rings (SSSR count). The average Bonchev–Trinajstić information content (AvgIpc) is 2.54. The lowest BCUT2D eigenvalue weighted by molar-refractivity contribution is 0.217. The number of pyridine rings is 1. The van der Waals surface area contributed by atoms with Crippen LogP contribution >= 0.6 is 12.4 Å². The van der Waals surface area contributed by atoms with Crippen molar-refractivity contribution in [3.63, 3.8) is 0 Å². The highest BCUT2D eigenvalue weighted by Gasteiger charge is 2.14. The van der Waals surface area contributed by atoms with E-state index in [1.54, 1.807) is 13.3 Å². The third-order valence-corrected chi connectivity index (χ3v) is 3.40. The monoisotopic (exact) mass is 301 g/mol. The van der Waals surface area contributed by atoms with Gasteiger partial charge in [0.05, 0.1) is 12.8 Å². The van der Waals surface area contributed by atoms with E-state index in [0.717, 1.165) is 22.1 Å². The summed E-state index contributed by atoms with van der Waals surface area (Å²) in [6.45, 7) is 0. The van der Waals surface area contributed by atoms with Crippen LogP contribution < -0.4 is 4.74 Å². The van der Waals surface area contributed by atoms with E-state index in [9.17, 15) is 5.11 Å². The number of hydrogen-bond donors (Lipinski definition) is 1. The Bertz CT molecular complexity index is 723. The summed E-state index contributed by atoms with van der Waals surface area (Å²) in [4.78, 5) is 4.34. The number of ether oxygens (including phenoxy) is 1. The normalized spacial score (nSPS) is 11.7. The van der Waals surface area contributed by atoms with E-state index >= 15 is 0 Å². The van der Waals surface area contributed by atoms with Gasteiger partial charge in [-0.2, -0.15) is 0 Å². The van der Waals surface area contributed by atoms with Gasteiger partial charge in [0.1, 0.15) is 11.9 Å². The van der Waals surface area contributed by atoms with E-state index in [1.807, 2.05) is 54.6 Å². The molecule has 4 heteroatoms. The second-order valence-corrected chi connectivity index (χ2v) is 4.59. The first-order valence-corrected chi connectivity index (χ1v) is 6.45. The van der Waals surface area contributed by atoms with Crippen molar-refractivity contribution in [2.24, 2.45) is 0 Å². The number of aromatic nitrogens is 1. The molecule has 0 spiro atoms. The molecule has 0 fully saturated rings. The summed E-state index contributed by atoms with van der Waals surface area (Å²) >= 11 is 0. The fraction of sp³-hybridized carbons (Fsp3) is 0.118. The number of methoxy groups -OCH3 is 1. The van der Waals surface area contributed by atoms with Crippen LogP contribution in [0.1, 0.15) is 17.4 Å². The highest BCUT2D eigenvalue weighted by molar-refractivity contribution is 5.85. The molecule has 0 saturated heterocycles. The van der Waals surface area contributed by atoms with E-state index in [-0.39, 0.29) is 12.4 Å². The maximum Gasteiger partial charge on any atom is 0.122 e. The Balaban J connectivity index is 0.00000161. The van der Waals surface area contributed by atoms with E-state index in [1.165, 1.54) is 0 Å². The van der Waals surface area contributed by atoms with Crippen LogP contribution in [0.5, 0.6) is 5.75 Å². The molecule has 0 aliphatic carbocycles. The number of hydrogen-bond acceptors (Lipinski definition) is 3. The van der Waals surface area contributed by atoms with Gasteiger partial charge >= 0.3 is 0 Å². The number of aliphatic hydroxyl groups excluding tert-OH is 1. The van der Waals surface area contributed by atoms with Crippen LogP contribution in [0.25, 0.3) is 10.8 Å². The first-order valence-electron chi connectivity index (χ1n) is 6.45. The zero-order valence-corrected chi connectivity index (χ0v) is 12.4. The van der Waals surface area contributed by atoms with Gasteiger partial charge in [0.25, 0.3) is 0 Å². The summed E-state index contributed by atoms with van der Waals surface area (Å²) in [7, 11) is 1.62. The second kappa shape index (κ2) is 6.57. The van der Waals surface area contributed by atoms with Crippen molar-refractivity contribution >= 4 is 23.2 Å². The minimum Gasteiger partial charge on any atom is -0.497 e. The molecule has 1 unspecified atom stereocenters. The Morgan fingerprint density at radius 1 is 1.00 bits per heavy atom. The molecule has 0 aliphatic rings. The molecule has 0 bridgehead atoms. The summed E-state index contributed by atoms with van der Waals surface area (Å²) < 4.78 is 5.13. The molecule has 3 aromatic rings. The molecule has 1 heterocycles. The Hall–Kier alpha value is -2.10. The summed E-state index contributed by atoms with van der Waals surface area (Å²) in [6.07, 6.45) is 0.983. The van der Waals surface area contributed by atoms with E-state index < -0.39 is 6.10 Å². The topological polar surface area (TPSA) is 42.4 Å². The van der Waals surface area contributed by atoms with Gasteiger partial charge < -0.3 is 9.84 Å². The molecular formula is C17H16ClNO2. The molecule has 0 radical (unpaired) electrons. The van der Waals surface area contributed by atoms with Crippen molar-refractivity contribution in [3.8, 4) is 5.75 Å². The van der Waals surface area contributed by atoms with Crippen molar-refractivity contribution in [2.75, 3.05) is 7.11 Å². The predicted molar refractivity (Wildman–Crippen MR) is 86.0 cm³/mol. The molecule has 108 valence electrons. The number of aliphatic hydroxyl groups is 1. The molecule has 21 heavy (non-hydrogen) atoms. The van der Waals surface area contributed by atoms with Crippen molar-refractivity contribution in [1.82, 2.24) is 4.98 Å². The molecule has 2 aromatic carbocycles. The van der Waals surface area contributed by atoms with Gasteiger partial charge in [-0.3, -0.25) is 4.98 Å². The van der Waals surface area contributed by atoms with Crippen LogP contribution in [0.3, 0.4) is 0 Å². The SMILES string of the molecule is COc1ccc(C(O)c2nccc3ccccc23)cc1.Cl. The highest BCUT2D eigenvalue weighted by atomic mass is 35.5. The molecule has 0 aliphatic heterocycles. The zero-order valence-electron chi connectivity index (χ0n) is 11.6. The van der Waals surface area contributed by atoms with Gasteiger partial charge in [-0.1, -0.05) is 36.4 Å². The van der Waals surface area contributed by atoms with Crippen molar-refractivity contribution in [1.29, 1.82) is 0 Å². The predicted octanol–water partition coefficient (Wildman–Crippen LogP) is 3.75. The van der Waals surface area contributed by atoms with Gasteiger partial charge in [-0.05, 0) is 29.1 Å². The number of fused-ring (bicyclic) bond motifs is 1. The standard InChI is InChI=1S/C17H15NO2.ClH/c1-20-14-8-6-13(7-9-14)17(19)16-15-5-3-2-4-12(15)10-11-18-16;/h2-11,17,19H,1H3;1H. The summed E-state index contributed by atoms with van der Waals surface area (Å²) in [6, 6.07) is 17.2. The Morgan fingerprint density at radius 3 is 2.43 bits per heavy atom. The maximum atomic E-state index is 10.6. The maximum absolute atomic E-state index is 10.6. The smallest absolute Gasteiger partial charge is 0.122 e. The van der Waals surface area contributed by atoms with Crippen LogP contribution in [0.2, 0.25) is 0 Å². The molecule has 1 atom stereocenters. The zero-order chi connectivity index (χ0) is 13.9. The summed E-state index contributed by atoms with van der Waals surface area (Å²) in [5.74, 6) is 0.770. The molecule has 1 N–H and O–H groups in total. The minimum atomic E-state index is -0.744. The first kappa shape index (κ1) is 15.3. The number of halogens is 1. The van der Waals surface area contributed by atoms with Crippen molar-refractivity contribution < 1.29 is 9.84 Å². The molecular weight excluding hydrogens is 286 g/mol. The van der Waals surface area contributed by atoms with Crippen molar-refractivity contribution in [3.05, 3.63) is 72.1 Å². The van der Waals surface area contributed by atoms with Gasteiger partial charge in [0, 0.05) is 11.6 Å². The summed E-state index contributed by atoms with van der Waals surface area (Å²) in [5.41, 5.74) is 1.47. The van der Waals surface area contributed by atoms with Crippen LogP contribution in [0.15, 0.2) is 60.8 Å². The van der Waals surface area contributed by atoms with Gasteiger partial charge in [0.2, 0.25) is 0 Å². The quantitative estimate of drug-likeness (QED) is 0.801. The first-order chi connectivity index (χ1) is 9.79. The molecule has 1 aromatic heterocycles. The molecule has 0 saturated carbocycles. The second-order valence-electron chi connectivity index (χ2n) is 4.59. The van der Waals surface area contributed by atoms with Crippen LogP contribution in [0, 0.1) is 0 Å². The number of nitrogens with zero attached hydrogens (tertiary/aromatic N) is 1. The highest BCUT2D eigenvalue weighted by Crippen LogP contribution is 2.27. The van der Waals surface area contributed by atoms with E-state index in [0.29, 0.717) is 5.69 Å². The largest absolute Gasteiger partial charge is 0.497 e. The Kier molecular flexibility index (Phi) is 4.78. The van der Waals surface area contributed by atoms with Gasteiger partial charge in [-0.15, -0.1) is 12.4 Å². The van der Waals surface area contributed by atoms with Crippen molar-refractivity contribution in [2.45, 2.75) is 6.10 Å². The lowest BCUT2D eigenvalue weighted by Gasteiger charge is -2.13. The third-order valence-electron chi connectivity index (χ3n) is 3.40. The molecule has 3 nitrogen and oxygen atoms in total. The third kappa shape index (κ3) is 2.99. The Morgan fingerprint density at radius 2 is 1.71 bits per heavy atom. The van der Waals surface area contributed by atoms with Gasteiger partial charge in [-0.25, -0.2) is 0 Å². The van der Waals surface area contributed by atoms with Crippen LogP contribution in [-0.2, 0) is 0 Å². The fourth-order valence-corrected chi connectivity index (χ4v) is 2.30. The number of benzene rings is 2. The lowest BCUT2D eigenvalue weighted by Crippen LogP contribution is -2.03. The van der Waals surface area contributed by atoms with E-state index in [4.69, 9.17) is 4.74 Å². The fourth-order valence-electron chi connectivity index (χ4n) is 2.30. The lowest BCUT2D eigenvalue weighted by atomic mass is 10.0. The minimum absolute atomic E-state index is 0. The van der Waals surface area contributed by atoms with Gasteiger partial charge in [0.15, 0.2) is 0 Å². The van der Waals surface area contributed by atoms with Crippen LogP contribution in [0.4, 0.5) is 0 Å². The average molecular weight is 302 g/mol. The Labute approximate surface area is 129 Å². The van der Waals surface area contributed by atoms with E-state index in [2.05, 4.69) is 4.98 Å².